The number of aryl methyl sites for hydroxylation is 1. The lowest BCUT2D eigenvalue weighted by atomic mass is 10.1. The smallest absolute Gasteiger partial charge is 0.475 e. The summed E-state index contributed by atoms with van der Waals surface area (Å²) in [5, 5.41) is 7.12. The number of likely N-dealkylation sites (tertiary alicyclic amines) is 2. The molecule has 2 amide bonds. The molecule has 0 bridgehead atoms. The van der Waals surface area contributed by atoms with Gasteiger partial charge in [0, 0.05) is 45.6 Å². The molecule has 168 valence electrons. The van der Waals surface area contributed by atoms with Gasteiger partial charge in [0.2, 0.25) is 11.8 Å². The Labute approximate surface area is 172 Å². The summed E-state index contributed by atoms with van der Waals surface area (Å²) in [6, 6.07) is 4.40. The minimum atomic E-state index is -5.08. The van der Waals surface area contributed by atoms with Gasteiger partial charge in [-0.05, 0) is 18.6 Å². The number of fused-ring (bicyclic) bond motifs is 1. The van der Waals surface area contributed by atoms with Crippen LogP contribution in [0.3, 0.4) is 0 Å². The van der Waals surface area contributed by atoms with E-state index < -0.39 is 12.1 Å². The summed E-state index contributed by atoms with van der Waals surface area (Å²) < 4.78 is 37.5. The molecule has 0 aromatic carbocycles. The lowest BCUT2D eigenvalue weighted by Gasteiger charge is -2.25. The topological polar surface area (TPSA) is 94.3 Å². The van der Waals surface area contributed by atoms with Crippen molar-refractivity contribution >= 4 is 17.8 Å². The van der Waals surface area contributed by atoms with Gasteiger partial charge in [0.1, 0.15) is 18.1 Å². The first kappa shape index (κ1) is 23.7. The molecular formula is C19H26F3N3O5. The third kappa shape index (κ3) is 5.74. The number of likely N-dealkylation sites (N-methyl/N-ethyl adjacent to an activating group) is 1. The first-order chi connectivity index (χ1) is 13.9. The van der Waals surface area contributed by atoms with Crippen molar-refractivity contribution in [3.8, 4) is 0 Å². The van der Waals surface area contributed by atoms with Crippen molar-refractivity contribution in [1.82, 2.24) is 14.7 Å². The van der Waals surface area contributed by atoms with E-state index in [4.69, 9.17) is 14.3 Å². The number of furan rings is 1. The molecule has 1 aromatic heterocycles. The van der Waals surface area contributed by atoms with Gasteiger partial charge in [-0.2, -0.15) is 13.2 Å². The number of rotatable bonds is 5. The van der Waals surface area contributed by atoms with Crippen LogP contribution >= 0.6 is 0 Å². The number of nitrogens with zero attached hydrogens (tertiary/aromatic N) is 3. The number of hydrogen-bond acceptors (Lipinski definition) is 5. The van der Waals surface area contributed by atoms with Crippen LogP contribution in [-0.2, 0) is 27.3 Å². The number of alkyl halides is 3. The summed E-state index contributed by atoms with van der Waals surface area (Å²) in [5.74, 6) is -0.730. The average Bonchev–Trinajstić information content (AvgIpc) is 3.33. The molecule has 0 saturated carbocycles. The van der Waals surface area contributed by atoms with Crippen LogP contribution in [0, 0.1) is 0 Å². The Morgan fingerprint density at radius 2 is 1.83 bits per heavy atom. The Kier molecular flexibility index (Phi) is 7.51. The summed E-state index contributed by atoms with van der Waals surface area (Å²) in [6.45, 7) is 3.95. The fourth-order valence-electron chi connectivity index (χ4n) is 3.60. The van der Waals surface area contributed by atoms with E-state index in [1.165, 1.54) is 0 Å². The SMILES string of the molecule is CCc1ccc(CN2CC[C@H]3[C@H]2CC(=O)N3CC(=O)N(C)C)o1.O=C(O)C(F)(F)F. The second-order valence-electron chi connectivity index (χ2n) is 7.43. The maximum atomic E-state index is 12.3. The Morgan fingerprint density at radius 1 is 1.23 bits per heavy atom. The first-order valence-corrected chi connectivity index (χ1v) is 9.55. The molecule has 8 nitrogen and oxygen atoms in total. The molecule has 3 heterocycles. The maximum absolute atomic E-state index is 12.3. The normalized spacial score (nSPS) is 21.3. The Balaban J connectivity index is 0.000000396. The van der Waals surface area contributed by atoms with Gasteiger partial charge >= 0.3 is 12.1 Å². The number of amides is 2. The first-order valence-electron chi connectivity index (χ1n) is 9.55. The summed E-state index contributed by atoms with van der Waals surface area (Å²) in [4.78, 5) is 38.8. The van der Waals surface area contributed by atoms with Gasteiger partial charge in [0.05, 0.1) is 6.54 Å². The monoisotopic (exact) mass is 433 g/mol. The van der Waals surface area contributed by atoms with E-state index in [-0.39, 0.29) is 30.4 Å². The molecule has 0 unspecified atom stereocenters. The van der Waals surface area contributed by atoms with Crippen LogP contribution in [-0.4, -0.2) is 83.0 Å². The van der Waals surface area contributed by atoms with Gasteiger partial charge in [0.15, 0.2) is 0 Å². The summed E-state index contributed by atoms with van der Waals surface area (Å²) in [5.41, 5.74) is 0. The Morgan fingerprint density at radius 3 is 2.33 bits per heavy atom. The largest absolute Gasteiger partial charge is 0.490 e. The summed E-state index contributed by atoms with van der Waals surface area (Å²) in [7, 11) is 3.45. The zero-order valence-corrected chi connectivity index (χ0v) is 17.1. The molecule has 3 rings (SSSR count). The third-order valence-corrected chi connectivity index (χ3v) is 5.20. The molecule has 0 spiro atoms. The zero-order valence-electron chi connectivity index (χ0n) is 17.1. The minimum absolute atomic E-state index is 0.0175. The molecule has 30 heavy (non-hydrogen) atoms. The molecule has 2 aliphatic rings. The van der Waals surface area contributed by atoms with Crippen molar-refractivity contribution in [2.75, 3.05) is 27.2 Å². The predicted molar refractivity (Wildman–Crippen MR) is 99.4 cm³/mol. The van der Waals surface area contributed by atoms with Gasteiger partial charge in [-0.1, -0.05) is 6.92 Å². The van der Waals surface area contributed by atoms with Gasteiger partial charge in [-0.25, -0.2) is 4.79 Å². The van der Waals surface area contributed by atoms with Gasteiger partial charge < -0.3 is 19.3 Å². The Hall–Kier alpha value is -2.56. The zero-order chi connectivity index (χ0) is 22.6. The Bertz CT molecular complexity index is 778. The van der Waals surface area contributed by atoms with E-state index in [0.717, 1.165) is 37.5 Å². The summed E-state index contributed by atoms with van der Waals surface area (Å²) in [6.07, 6.45) is -2.75. The molecule has 0 radical (unpaired) electrons. The van der Waals surface area contributed by atoms with Crippen molar-refractivity contribution < 1.29 is 37.1 Å². The molecule has 2 aliphatic heterocycles. The molecule has 2 fully saturated rings. The minimum Gasteiger partial charge on any atom is -0.475 e. The van der Waals surface area contributed by atoms with E-state index in [0.29, 0.717) is 6.42 Å². The highest BCUT2D eigenvalue weighted by Gasteiger charge is 2.47. The molecule has 1 aromatic rings. The standard InChI is InChI=1S/C17H25N3O3.C2HF3O2/c1-4-12-5-6-13(23-12)10-19-8-7-14-15(19)9-16(21)20(14)11-17(22)18(2)3;3-2(4,5)1(6)7/h5-6,14-15H,4,7-11H2,1-3H3;(H,6,7)/t14-,15+;/m0./s1. The maximum Gasteiger partial charge on any atom is 0.490 e. The second kappa shape index (κ2) is 9.50. The second-order valence-corrected chi connectivity index (χ2v) is 7.43. The van der Waals surface area contributed by atoms with Crippen molar-refractivity contribution in [2.45, 2.75) is 51.0 Å². The molecule has 2 atom stereocenters. The average molecular weight is 433 g/mol. The number of carboxylic acid groups (broad SMARTS) is 1. The lowest BCUT2D eigenvalue weighted by Crippen LogP contribution is -2.43. The highest BCUT2D eigenvalue weighted by atomic mass is 19.4. The van der Waals surface area contributed by atoms with E-state index >= 15 is 0 Å². The fraction of sp³-hybridized carbons (Fsp3) is 0.632. The fourth-order valence-corrected chi connectivity index (χ4v) is 3.60. The molecule has 11 heteroatoms. The van der Waals surface area contributed by atoms with Crippen LogP contribution in [0.4, 0.5) is 13.2 Å². The van der Waals surface area contributed by atoms with Gasteiger partial charge in [-0.15, -0.1) is 0 Å². The highest BCUT2D eigenvalue weighted by molar-refractivity contribution is 5.87. The molecular weight excluding hydrogens is 407 g/mol. The summed E-state index contributed by atoms with van der Waals surface area (Å²) >= 11 is 0. The lowest BCUT2D eigenvalue weighted by molar-refractivity contribution is -0.192. The van der Waals surface area contributed by atoms with Gasteiger partial charge in [0.25, 0.3) is 0 Å². The van der Waals surface area contributed by atoms with Crippen LogP contribution in [0.5, 0.6) is 0 Å². The van der Waals surface area contributed by atoms with Crippen LogP contribution in [0.15, 0.2) is 16.5 Å². The molecule has 0 aliphatic carbocycles. The van der Waals surface area contributed by atoms with E-state index in [1.807, 2.05) is 12.1 Å². The van der Waals surface area contributed by atoms with Crippen molar-refractivity contribution in [1.29, 1.82) is 0 Å². The van der Waals surface area contributed by atoms with Crippen molar-refractivity contribution in [3.63, 3.8) is 0 Å². The van der Waals surface area contributed by atoms with E-state index in [9.17, 15) is 22.8 Å². The van der Waals surface area contributed by atoms with E-state index in [1.54, 1.807) is 23.9 Å². The number of carbonyl (C=O) groups is 3. The van der Waals surface area contributed by atoms with Crippen LogP contribution in [0.1, 0.15) is 31.3 Å². The number of carboxylic acids is 1. The number of halogens is 3. The third-order valence-electron chi connectivity index (χ3n) is 5.20. The molecule has 2 saturated heterocycles. The highest BCUT2D eigenvalue weighted by Crippen LogP contribution is 2.33. The number of carbonyl (C=O) groups excluding carboxylic acids is 2. The predicted octanol–water partition coefficient (Wildman–Crippen LogP) is 1.74. The number of hydrogen-bond donors (Lipinski definition) is 1. The van der Waals surface area contributed by atoms with Crippen LogP contribution in [0.25, 0.3) is 0 Å². The van der Waals surface area contributed by atoms with Crippen LogP contribution in [0.2, 0.25) is 0 Å². The van der Waals surface area contributed by atoms with E-state index in [2.05, 4.69) is 11.8 Å². The van der Waals surface area contributed by atoms with Gasteiger partial charge in [-0.3, -0.25) is 14.5 Å². The number of aliphatic carboxylic acids is 1. The molecule has 1 N–H and O–H groups in total. The van der Waals surface area contributed by atoms with Crippen molar-refractivity contribution in [2.24, 2.45) is 0 Å². The quantitative estimate of drug-likeness (QED) is 0.760. The van der Waals surface area contributed by atoms with Crippen LogP contribution < -0.4 is 0 Å². The van der Waals surface area contributed by atoms with Crippen molar-refractivity contribution in [3.05, 3.63) is 23.7 Å².